The second-order valence-corrected chi connectivity index (χ2v) is 10.8. The number of hydroxylamine groups is 1. The lowest BCUT2D eigenvalue weighted by molar-refractivity contribution is -0.274. The van der Waals surface area contributed by atoms with E-state index in [0.717, 1.165) is 16.7 Å². The molecule has 0 radical (unpaired) electrons. The molecule has 3 amide bonds. The van der Waals surface area contributed by atoms with Crippen LogP contribution in [0.1, 0.15) is 30.9 Å². The van der Waals surface area contributed by atoms with Gasteiger partial charge in [0.2, 0.25) is 5.91 Å². The van der Waals surface area contributed by atoms with E-state index in [1.54, 1.807) is 0 Å². The Hall–Kier alpha value is -4.69. The first kappa shape index (κ1) is 30.8. The Kier molecular flexibility index (Phi) is 9.30. The highest BCUT2D eigenvalue weighted by molar-refractivity contribution is 8.15. The van der Waals surface area contributed by atoms with Gasteiger partial charge in [-0.2, -0.15) is 4.99 Å². The van der Waals surface area contributed by atoms with Crippen LogP contribution in [-0.4, -0.2) is 50.6 Å². The van der Waals surface area contributed by atoms with Crippen LogP contribution in [0.15, 0.2) is 84.1 Å². The van der Waals surface area contributed by atoms with E-state index in [4.69, 9.17) is 4.84 Å². The van der Waals surface area contributed by atoms with Crippen molar-refractivity contribution in [2.24, 2.45) is 4.99 Å². The highest BCUT2D eigenvalue weighted by Gasteiger charge is 2.32. The van der Waals surface area contributed by atoms with Crippen LogP contribution in [0.4, 0.5) is 23.7 Å². The number of ether oxygens (including phenoxy) is 1. The van der Waals surface area contributed by atoms with Crippen molar-refractivity contribution < 1.29 is 32.3 Å². The van der Waals surface area contributed by atoms with E-state index >= 15 is 0 Å². The number of aliphatic imine (C=N–C) groups is 1. The van der Waals surface area contributed by atoms with Crippen LogP contribution in [0, 0.1) is 0 Å². The number of nitrogens with zero attached hydrogens (tertiary/aromatic N) is 5. The third kappa shape index (κ3) is 7.63. The summed E-state index contributed by atoms with van der Waals surface area (Å²) in [7, 11) is 0. The van der Waals surface area contributed by atoms with Gasteiger partial charge in [-0.15, -0.1) is 18.3 Å². The van der Waals surface area contributed by atoms with Crippen LogP contribution in [0.25, 0.3) is 17.1 Å². The molecule has 0 aliphatic carbocycles. The number of halogens is 3. The van der Waals surface area contributed by atoms with Gasteiger partial charge in [0.1, 0.15) is 12.1 Å². The normalized spacial score (nSPS) is 14.5. The van der Waals surface area contributed by atoms with Crippen molar-refractivity contribution in [3.8, 4) is 22.8 Å². The highest BCUT2D eigenvalue weighted by Crippen LogP contribution is 2.33. The maximum absolute atomic E-state index is 12.6. The Labute approximate surface area is 254 Å². The number of alkyl halides is 3. The van der Waals surface area contributed by atoms with Crippen LogP contribution < -0.4 is 15.1 Å². The van der Waals surface area contributed by atoms with Crippen LogP contribution in [0.3, 0.4) is 0 Å². The molecule has 1 aliphatic heterocycles. The number of anilines is 1. The predicted octanol–water partition coefficient (Wildman–Crippen LogP) is 6.28. The van der Waals surface area contributed by atoms with Gasteiger partial charge >= 0.3 is 12.4 Å². The molecule has 10 nitrogen and oxygen atoms in total. The van der Waals surface area contributed by atoms with Gasteiger partial charge in [-0.05, 0) is 53.8 Å². The first-order chi connectivity index (χ1) is 21.1. The molecule has 0 unspecified atom stereocenters. The number of aromatic nitrogens is 3. The Morgan fingerprint density at radius 2 is 1.80 bits per heavy atom. The van der Waals surface area contributed by atoms with Crippen LogP contribution in [0.5, 0.6) is 5.75 Å². The molecule has 44 heavy (non-hydrogen) atoms. The average Bonchev–Trinajstić information content (AvgIpc) is 3.62. The predicted molar refractivity (Wildman–Crippen MR) is 160 cm³/mol. The quantitative estimate of drug-likeness (QED) is 0.173. The summed E-state index contributed by atoms with van der Waals surface area (Å²) in [6.45, 7) is 4.25. The molecule has 1 aromatic heterocycles. The van der Waals surface area contributed by atoms with Gasteiger partial charge in [-0.25, -0.2) is 19.9 Å². The molecule has 1 aliphatic rings. The number of para-hydroxylation sites is 1. The number of urea groups is 1. The van der Waals surface area contributed by atoms with Crippen molar-refractivity contribution in [1.29, 1.82) is 0 Å². The van der Waals surface area contributed by atoms with Crippen LogP contribution in [-0.2, 0) is 16.1 Å². The number of hydrogen-bond acceptors (Lipinski definition) is 7. The minimum atomic E-state index is -4.76. The number of carbonyl (C=O) groups excluding carboxylic acids is 2. The molecule has 14 heteroatoms. The summed E-state index contributed by atoms with van der Waals surface area (Å²) < 4.78 is 42.5. The third-order valence-corrected chi connectivity index (χ3v) is 7.38. The molecule has 0 atom stereocenters. The van der Waals surface area contributed by atoms with Crippen molar-refractivity contribution in [1.82, 2.24) is 20.2 Å². The molecule has 0 spiro atoms. The largest absolute Gasteiger partial charge is 0.573 e. The Morgan fingerprint density at radius 3 is 2.50 bits per heavy atom. The maximum Gasteiger partial charge on any atom is 0.573 e. The lowest BCUT2D eigenvalue weighted by Crippen LogP contribution is -2.32. The minimum absolute atomic E-state index is 0.144. The number of rotatable bonds is 9. The second-order valence-electron chi connectivity index (χ2n) is 9.88. The van der Waals surface area contributed by atoms with E-state index in [-0.39, 0.29) is 29.9 Å². The second kappa shape index (κ2) is 13.3. The summed E-state index contributed by atoms with van der Waals surface area (Å²) in [6.07, 6.45) is -2.80. The molecule has 0 bridgehead atoms. The number of thioether (sulfide) groups is 1. The number of benzene rings is 3. The smallest absolute Gasteiger partial charge is 0.406 e. The first-order valence-electron chi connectivity index (χ1n) is 13.5. The lowest BCUT2D eigenvalue weighted by atomic mass is 10.0. The summed E-state index contributed by atoms with van der Waals surface area (Å²) in [5.74, 6) is 0.340. The van der Waals surface area contributed by atoms with E-state index in [1.807, 2.05) is 62.4 Å². The summed E-state index contributed by atoms with van der Waals surface area (Å²) >= 11 is 1.20. The topological polar surface area (TPSA) is 111 Å². The summed E-state index contributed by atoms with van der Waals surface area (Å²) in [5.41, 5.74) is 6.19. The van der Waals surface area contributed by atoms with Gasteiger partial charge in [0.05, 0.1) is 23.7 Å². The monoisotopic (exact) mass is 624 g/mol. The Morgan fingerprint density at radius 1 is 1.07 bits per heavy atom. The number of nitrogens with one attached hydrogen (secondary N) is 1. The zero-order valence-corrected chi connectivity index (χ0v) is 24.4. The van der Waals surface area contributed by atoms with Gasteiger partial charge in [-0.1, -0.05) is 68.1 Å². The first-order valence-corrected chi connectivity index (χ1v) is 14.5. The molecule has 1 N–H and O–H groups in total. The van der Waals surface area contributed by atoms with E-state index < -0.39 is 12.4 Å². The zero-order valence-electron chi connectivity index (χ0n) is 23.6. The number of amides is 3. The molecular formula is C30H27F3N6O4S. The number of hydrogen-bond donors (Lipinski definition) is 1. The van der Waals surface area contributed by atoms with Crippen molar-refractivity contribution in [3.05, 3.63) is 90.3 Å². The van der Waals surface area contributed by atoms with Gasteiger partial charge in [0, 0.05) is 5.56 Å². The zero-order chi connectivity index (χ0) is 31.3. The minimum Gasteiger partial charge on any atom is -0.406 e. The fourth-order valence-electron chi connectivity index (χ4n) is 4.39. The van der Waals surface area contributed by atoms with Crippen molar-refractivity contribution >= 4 is 34.6 Å². The van der Waals surface area contributed by atoms with Crippen molar-refractivity contribution in [2.45, 2.75) is 32.5 Å². The van der Waals surface area contributed by atoms with Gasteiger partial charge in [0.25, 0.3) is 0 Å². The summed E-state index contributed by atoms with van der Waals surface area (Å²) in [5, 5.41) is 4.69. The molecule has 5 rings (SSSR count). The standard InChI is InChI=1S/C30H27F3N6O4S/c1-19(2)24-5-3-4-6-25(24)39-26(40)17-44-29(39)35-28(41)37-42-16-15-20-7-9-21(10-8-20)27-34-18-38(36-27)22-11-13-23(14-12-22)43-30(31,32)33/h3-14,18-19H,15-17H2,1-2H3,(H,37,41). The molecule has 3 aromatic carbocycles. The average molecular weight is 625 g/mol. The van der Waals surface area contributed by atoms with Gasteiger partial charge < -0.3 is 4.74 Å². The molecule has 0 saturated carbocycles. The highest BCUT2D eigenvalue weighted by atomic mass is 32.2. The van der Waals surface area contributed by atoms with Crippen LogP contribution in [0.2, 0.25) is 0 Å². The van der Waals surface area contributed by atoms with Crippen LogP contribution >= 0.6 is 11.8 Å². The lowest BCUT2D eigenvalue weighted by Gasteiger charge is -2.21. The SMILES string of the molecule is CC(C)c1ccccc1N1C(=O)CSC1=NC(=O)NOCCc1ccc(-c2ncn(-c3ccc(OC(F)(F)F)cc3)n2)cc1. The van der Waals surface area contributed by atoms with E-state index in [1.165, 1.54) is 51.9 Å². The molecule has 1 saturated heterocycles. The molecule has 2 heterocycles. The van der Waals surface area contributed by atoms with E-state index in [2.05, 4.69) is 25.3 Å². The molecule has 1 fully saturated rings. The fourth-order valence-corrected chi connectivity index (χ4v) is 5.25. The van der Waals surface area contributed by atoms with Gasteiger partial charge in [-0.3, -0.25) is 14.5 Å². The third-order valence-electron chi connectivity index (χ3n) is 6.45. The maximum atomic E-state index is 12.6. The Bertz CT molecular complexity index is 1660. The molecule has 4 aromatic rings. The number of amidine groups is 1. The summed E-state index contributed by atoms with van der Waals surface area (Å²) in [4.78, 5) is 40.2. The van der Waals surface area contributed by atoms with E-state index in [9.17, 15) is 22.8 Å². The van der Waals surface area contributed by atoms with Gasteiger partial charge in [0.15, 0.2) is 11.0 Å². The summed E-state index contributed by atoms with van der Waals surface area (Å²) in [6, 6.07) is 19.5. The molecule has 228 valence electrons. The van der Waals surface area contributed by atoms with E-state index in [0.29, 0.717) is 28.8 Å². The number of carbonyl (C=O) groups is 2. The fraction of sp³-hybridized carbons (Fsp3) is 0.233. The molecular weight excluding hydrogens is 597 g/mol. The van der Waals surface area contributed by atoms with Crippen molar-refractivity contribution in [3.63, 3.8) is 0 Å². The Balaban J connectivity index is 1.12. The van der Waals surface area contributed by atoms with Crippen molar-refractivity contribution in [2.75, 3.05) is 17.3 Å².